The number of aromatic nitrogens is 5. The summed E-state index contributed by atoms with van der Waals surface area (Å²) in [4.78, 5) is 0. The SMILES string of the molecule is CCc1nnc(CSc2nncn2-c2ccccc2C)o1. The van der Waals surface area contributed by atoms with Crippen molar-refractivity contribution in [2.75, 3.05) is 0 Å². The molecule has 0 aliphatic rings. The van der Waals surface area contributed by atoms with Gasteiger partial charge in [0, 0.05) is 6.42 Å². The summed E-state index contributed by atoms with van der Waals surface area (Å²) in [5, 5.41) is 16.9. The van der Waals surface area contributed by atoms with E-state index in [-0.39, 0.29) is 0 Å². The highest BCUT2D eigenvalue weighted by molar-refractivity contribution is 7.98. The summed E-state index contributed by atoms with van der Waals surface area (Å²) < 4.78 is 7.47. The molecule has 0 spiro atoms. The van der Waals surface area contributed by atoms with E-state index in [9.17, 15) is 0 Å². The van der Waals surface area contributed by atoms with Crippen LogP contribution in [-0.4, -0.2) is 25.0 Å². The predicted octanol–water partition coefficient (Wildman–Crippen LogP) is 2.81. The summed E-state index contributed by atoms with van der Waals surface area (Å²) in [5.74, 6) is 1.85. The Morgan fingerprint density at radius 3 is 2.71 bits per heavy atom. The molecule has 0 N–H and O–H groups in total. The molecule has 3 aromatic rings. The third-order valence-electron chi connectivity index (χ3n) is 3.03. The van der Waals surface area contributed by atoms with Gasteiger partial charge in [-0.3, -0.25) is 4.57 Å². The van der Waals surface area contributed by atoms with Crippen molar-refractivity contribution in [1.82, 2.24) is 25.0 Å². The molecule has 0 atom stereocenters. The summed E-state index contributed by atoms with van der Waals surface area (Å²) in [6, 6.07) is 8.13. The second-order valence-electron chi connectivity index (χ2n) is 4.50. The molecule has 2 heterocycles. The van der Waals surface area contributed by atoms with Gasteiger partial charge in [-0.1, -0.05) is 36.9 Å². The Balaban J connectivity index is 1.78. The molecule has 0 bridgehead atoms. The van der Waals surface area contributed by atoms with E-state index in [0.717, 1.165) is 17.3 Å². The maximum absolute atomic E-state index is 5.50. The number of rotatable bonds is 5. The highest BCUT2D eigenvalue weighted by Crippen LogP contribution is 2.24. The molecule has 1 aromatic carbocycles. The van der Waals surface area contributed by atoms with Crippen LogP contribution in [0.5, 0.6) is 0 Å². The Morgan fingerprint density at radius 2 is 1.95 bits per heavy atom. The fourth-order valence-corrected chi connectivity index (χ4v) is 2.70. The van der Waals surface area contributed by atoms with Crippen molar-refractivity contribution in [3.05, 3.63) is 47.9 Å². The van der Waals surface area contributed by atoms with Gasteiger partial charge in [-0.25, -0.2) is 0 Å². The molecule has 108 valence electrons. The first kappa shape index (κ1) is 13.8. The maximum atomic E-state index is 5.50. The second-order valence-corrected chi connectivity index (χ2v) is 5.44. The number of hydrogen-bond donors (Lipinski definition) is 0. The van der Waals surface area contributed by atoms with Crippen LogP contribution in [0.3, 0.4) is 0 Å². The zero-order chi connectivity index (χ0) is 14.7. The molecule has 2 aromatic heterocycles. The highest BCUT2D eigenvalue weighted by atomic mass is 32.2. The van der Waals surface area contributed by atoms with E-state index in [2.05, 4.69) is 33.4 Å². The van der Waals surface area contributed by atoms with E-state index in [1.165, 1.54) is 17.3 Å². The molecule has 0 saturated heterocycles. The Bertz CT molecular complexity index is 736. The Labute approximate surface area is 126 Å². The molecule has 0 amide bonds. The van der Waals surface area contributed by atoms with Gasteiger partial charge in [0.25, 0.3) is 0 Å². The van der Waals surface area contributed by atoms with Crippen molar-refractivity contribution in [2.24, 2.45) is 0 Å². The smallest absolute Gasteiger partial charge is 0.226 e. The molecule has 0 aliphatic carbocycles. The topological polar surface area (TPSA) is 69.6 Å². The van der Waals surface area contributed by atoms with Crippen molar-refractivity contribution >= 4 is 11.8 Å². The van der Waals surface area contributed by atoms with E-state index in [0.29, 0.717) is 17.5 Å². The normalized spacial score (nSPS) is 11.0. The molecule has 21 heavy (non-hydrogen) atoms. The maximum Gasteiger partial charge on any atom is 0.226 e. The second kappa shape index (κ2) is 6.09. The summed E-state index contributed by atoms with van der Waals surface area (Å²) in [7, 11) is 0. The standard InChI is InChI=1S/C14H15N5OS/c1-3-12-16-17-13(20-12)8-21-14-18-15-9-19(14)11-7-5-4-6-10(11)2/h4-7,9H,3,8H2,1-2H3. The lowest BCUT2D eigenvalue weighted by molar-refractivity contribution is 0.470. The Hall–Kier alpha value is -2.15. The van der Waals surface area contributed by atoms with Crippen molar-refractivity contribution in [3.63, 3.8) is 0 Å². The fourth-order valence-electron chi connectivity index (χ4n) is 1.94. The molecule has 3 rings (SSSR count). The van der Waals surface area contributed by atoms with Crippen LogP contribution in [0.15, 0.2) is 40.2 Å². The van der Waals surface area contributed by atoms with Crippen LogP contribution < -0.4 is 0 Å². The summed E-state index contributed by atoms with van der Waals surface area (Å²) in [5.41, 5.74) is 2.25. The van der Waals surface area contributed by atoms with Crippen molar-refractivity contribution in [1.29, 1.82) is 0 Å². The van der Waals surface area contributed by atoms with Crippen LogP contribution in [0.4, 0.5) is 0 Å². The summed E-state index contributed by atoms with van der Waals surface area (Å²) in [6.45, 7) is 4.05. The van der Waals surface area contributed by atoms with Crippen molar-refractivity contribution in [2.45, 2.75) is 31.2 Å². The third-order valence-corrected chi connectivity index (χ3v) is 3.96. The van der Waals surface area contributed by atoms with E-state index in [4.69, 9.17) is 4.42 Å². The molecular weight excluding hydrogens is 286 g/mol. The van der Waals surface area contributed by atoms with Crippen LogP contribution in [0.25, 0.3) is 5.69 Å². The highest BCUT2D eigenvalue weighted by Gasteiger charge is 2.11. The molecule has 0 radical (unpaired) electrons. The number of aryl methyl sites for hydroxylation is 2. The number of nitrogens with zero attached hydrogens (tertiary/aromatic N) is 5. The first-order valence-corrected chi connectivity index (χ1v) is 7.66. The van der Waals surface area contributed by atoms with Crippen LogP contribution >= 0.6 is 11.8 Å². The quantitative estimate of drug-likeness (QED) is 0.675. The summed E-state index contributed by atoms with van der Waals surface area (Å²) in [6.07, 6.45) is 2.47. The van der Waals surface area contributed by atoms with Crippen molar-refractivity contribution < 1.29 is 4.42 Å². The monoisotopic (exact) mass is 301 g/mol. The van der Waals surface area contributed by atoms with E-state index in [1.54, 1.807) is 6.33 Å². The lowest BCUT2D eigenvalue weighted by atomic mass is 10.2. The van der Waals surface area contributed by atoms with Gasteiger partial charge in [-0.05, 0) is 18.6 Å². The fraction of sp³-hybridized carbons (Fsp3) is 0.286. The van der Waals surface area contributed by atoms with Crippen molar-refractivity contribution in [3.8, 4) is 5.69 Å². The lowest BCUT2D eigenvalue weighted by Crippen LogP contribution is -1.97. The zero-order valence-electron chi connectivity index (χ0n) is 11.9. The summed E-state index contributed by atoms with van der Waals surface area (Å²) >= 11 is 1.53. The predicted molar refractivity (Wildman–Crippen MR) is 79.3 cm³/mol. The first-order valence-electron chi connectivity index (χ1n) is 6.68. The molecular formula is C14H15N5OS. The van der Waals surface area contributed by atoms with E-state index >= 15 is 0 Å². The van der Waals surface area contributed by atoms with Gasteiger partial charge in [0.05, 0.1) is 11.4 Å². The first-order chi connectivity index (χ1) is 10.3. The van der Waals surface area contributed by atoms with Crippen LogP contribution in [0.1, 0.15) is 24.3 Å². The van der Waals surface area contributed by atoms with E-state index < -0.39 is 0 Å². The van der Waals surface area contributed by atoms with E-state index in [1.807, 2.05) is 29.7 Å². The molecule has 0 aliphatic heterocycles. The molecule has 7 heteroatoms. The minimum absolute atomic E-state index is 0.581. The van der Waals surface area contributed by atoms with Crippen LogP contribution in [0.2, 0.25) is 0 Å². The lowest BCUT2D eigenvalue weighted by Gasteiger charge is -2.08. The minimum atomic E-state index is 0.581. The van der Waals surface area contributed by atoms with Gasteiger partial charge in [0.15, 0.2) is 5.16 Å². The molecule has 0 saturated carbocycles. The van der Waals surface area contributed by atoms with Gasteiger partial charge < -0.3 is 4.42 Å². The Kier molecular flexibility index (Phi) is 4.01. The number of para-hydroxylation sites is 1. The van der Waals surface area contributed by atoms with Crippen LogP contribution in [-0.2, 0) is 12.2 Å². The van der Waals surface area contributed by atoms with Gasteiger partial charge in [-0.15, -0.1) is 20.4 Å². The zero-order valence-corrected chi connectivity index (χ0v) is 12.7. The van der Waals surface area contributed by atoms with Gasteiger partial charge >= 0.3 is 0 Å². The van der Waals surface area contributed by atoms with Gasteiger partial charge in [-0.2, -0.15) is 0 Å². The van der Waals surface area contributed by atoms with Crippen LogP contribution in [0, 0.1) is 6.92 Å². The largest absolute Gasteiger partial charge is 0.424 e. The van der Waals surface area contributed by atoms with Gasteiger partial charge in [0.2, 0.25) is 11.8 Å². The average molecular weight is 301 g/mol. The number of thioether (sulfide) groups is 1. The Morgan fingerprint density at radius 1 is 1.14 bits per heavy atom. The number of hydrogen-bond acceptors (Lipinski definition) is 6. The molecule has 6 nitrogen and oxygen atoms in total. The number of benzene rings is 1. The minimum Gasteiger partial charge on any atom is -0.424 e. The average Bonchev–Trinajstić information content (AvgIpc) is 3.14. The van der Waals surface area contributed by atoms with Gasteiger partial charge in [0.1, 0.15) is 6.33 Å². The third kappa shape index (κ3) is 2.97. The molecule has 0 fully saturated rings. The molecule has 0 unspecified atom stereocenters.